The average Bonchev–Trinajstić information content (AvgIpc) is 2.61. The molecule has 2 rings (SSSR count). The van der Waals surface area contributed by atoms with E-state index in [4.69, 9.17) is 5.73 Å². The molecule has 1 fully saturated rings. The van der Waals surface area contributed by atoms with Crippen molar-refractivity contribution in [2.75, 3.05) is 49.6 Å². The van der Waals surface area contributed by atoms with Gasteiger partial charge in [0.05, 0.1) is 0 Å². The summed E-state index contributed by atoms with van der Waals surface area (Å²) in [6, 6.07) is 6.69. The van der Waals surface area contributed by atoms with E-state index in [2.05, 4.69) is 21.0 Å². The molecule has 1 saturated heterocycles. The van der Waals surface area contributed by atoms with E-state index < -0.39 is 0 Å². The summed E-state index contributed by atoms with van der Waals surface area (Å²) in [4.78, 5) is 8.93. The van der Waals surface area contributed by atoms with Crippen LogP contribution in [0, 0.1) is 5.82 Å². The van der Waals surface area contributed by atoms with Crippen LogP contribution in [0.5, 0.6) is 0 Å². The van der Waals surface area contributed by atoms with Crippen LogP contribution in [0.4, 0.5) is 10.1 Å². The third-order valence-electron chi connectivity index (χ3n) is 4.33. The van der Waals surface area contributed by atoms with Crippen LogP contribution in [0.15, 0.2) is 29.3 Å². The summed E-state index contributed by atoms with van der Waals surface area (Å²) in [5, 5.41) is 0. The van der Waals surface area contributed by atoms with Crippen LogP contribution in [0.1, 0.15) is 25.7 Å². The van der Waals surface area contributed by atoms with Gasteiger partial charge in [-0.05, 0) is 49.1 Å². The number of nitrogens with two attached hydrogens (primary N) is 1. The van der Waals surface area contributed by atoms with Gasteiger partial charge in [0.15, 0.2) is 5.96 Å². The summed E-state index contributed by atoms with van der Waals surface area (Å²) >= 11 is 1.91. The van der Waals surface area contributed by atoms with E-state index in [1.165, 1.54) is 37.1 Å². The van der Waals surface area contributed by atoms with E-state index in [0.717, 1.165) is 44.8 Å². The highest BCUT2D eigenvalue weighted by Gasteiger charge is 2.18. The van der Waals surface area contributed by atoms with Crippen molar-refractivity contribution in [3.63, 3.8) is 0 Å². The van der Waals surface area contributed by atoms with E-state index >= 15 is 0 Å². The number of anilines is 1. The molecule has 0 radical (unpaired) electrons. The van der Waals surface area contributed by atoms with Gasteiger partial charge in [-0.2, -0.15) is 11.8 Å². The molecule has 1 aliphatic heterocycles. The van der Waals surface area contributed by atoms with Crippen molar-refractivity contribution >= 4 is 23.4 Å². The van der Waals surface area contributed by atoms with Gasteiger partial charge in [-0.25, -0.2) is 4.39 Å². The molecule has 1 aromatic carbocycles. The van der Waals surface area contributed by atoms with Gasteiger partial charge in [0, 0.05) is 38.4 Å². The van der Waals surface area contributed by atoms with Crippen LogP contribution in [0.2, 0.25) is 0 Å². The molecule has 0 bridgehead atoms. The molecule has 0 aliphatic carbocycles. The lowest BCUT2D eigenvalue weighted by Gasteiger charge is -2.36. The minimum atomic E-state index is -0.192. The van der Waals surface area contributed by atoms with Crippen molar-refractivity contribution in [2.45, 2.75) is 25.7 Å². The number of benzene rings is 1. The Kier molecular flexibility index (Phi) is 8.22. The molecular formula is C18H29FN4S. The van der Waals surface area contributed by atoms with Gasteiger partial charge in [0.2, 0.25) is 0 Å². The van der Waals surface area contributed by atoms with Gasteiger partial charge in [0.1, 0.15) is 5.82 Å². The topological polar surface area (TPSA) is 44.9 Å². The molecule has 134 valence electrons. The molecule has 1 heterocycles. The summed E-state index contributed by atoms with van der Waals surface area (Å²) in [6.07, 6.45) is 7.08. The molecule has 0 saturated carbocycles. The van der Waals surface area contributed by atoms with Gasteiger partial charge < -0.3 is 15.5 Å². The van der Waals surface area contributed by atoms with E-state index in [9.17, 15) is 4.39 Å². The van der Waals surface area contributed by atoms with Crippen LogP contribution in [0.3, 0.4) is 0 Å². The first-order valence-electron chi connectivity index (χ1n) is 8.75. The Bertz CT molecular complexity index is 498. The number of halogens is 1. The largest absolute Gasteiger partial charge is 0.370 e. The molecule has 24 heavy (non-hydrogen) atoms. The quantitative estimate of drug-likeness (QED) is 0.443. The first-order chi connectivity index (χ1) is 11.7. The normalized spacial score (nSPS) is 15.8. The van der Waals surface area contributed by atoms with Gasteiger partial charge in [0.25, 0.3) is 0 Å². The summed E-state index contributed by atoms with van der Waals surface area (Å²) in [5.41, 5.74) is 7.19. The maximum Gasteiger partial charge on any atom is 0.191 e. The average molecular weight is 353 g/mol. The number of nitrogens with zero attached hydrogens (tertiary/aromatic N) is 3. The maximum absolute atomic E-state index is 13.0. The number of rotatable bonds is 8. The Morgan fingerprint density at radius 2 is 1.75 bits per heavy atom. The zero-order valence-electron chi connectivity index (χ0n) is 14.6. The van der Waals surface area contributed by atoms with Crippen molar-refractivity contribution in [2.24, 2.45) is 10.7 Å². The van der Waals surface area contributed by atoms with Crippen molar-refractivity contribution in [3.8, 4) is 0 Å². The Morgan fingerprint density at radius 1 is 1.08 bits per heavy atom. The Morgan fingerprint density at radius 3 is 2.42 bits per heavy atom. The fourth-order valence-corrected chi connectivity index (χ4v) is 3.34. The fourth-order valence-electron chi connectivity index (χ4n) is 2.85. The Labute approximate surface area is 149 Å². The molecule has 4 nitrogen and oxygen atoms in total. The second-order valence-corrected chi connectivity index (χ2v) is 7.08. The number of thioether (sulfide) groups is 1. The van der Waals surface area contributed by atoms with Crippen LogP contribution >= 0.6 is 11.8 Å². The highest BCUT2D eigenvalue weighted by atomic mass is 32.2. The Hall–Kier alpha value is -1.43. The van der Waals surface area contributed by atoms with E-state index in [1.54, 1.807) is 0 Å². The molecular weight excluding hydrogens is 323 g/mol. The zero-order chi connectivity index (χ0) is 17.2. The van der Waals surface area contributed by atoms with E-state index in [-0.39, 0.29) is 5.82 Å². The molecule has 0 amide bonds. The van der Waals surface area contributed by atoms with E-state index in [0.29, 0.717) is 5.96 Å². The summed E-state index contributed by atoms with van der Waals surface area (Å²) in [5.74, 6) is 1.73. The van der Waals surface area contributed by atoms with Crippen molar-refractivity contribution in [1.82, 2.24) is 4.90 Å². The number of aliphatic imine (C=N–C) groups is 1. The number of piperazine rings is 1. The van der Waals surface area contributed by atoms with Crippen LogP contribution in [0.25, 0.3) is 0 Å². The van der Waals surface area contributed by atoms with Crippen molar-refractivity contribution < 1.29 is 4.39 Å². The minimum Gasteiger partial charge on any atom is -0.370 e. The lowest BCUT2D eigenvalue weighted by Crippen LogP contribution is -2.51. The molecule has 2 N–H and O–H groups in total. The highest BCUT2D eigenvalue weighted by Crippen LogP contribution is 2.16. The molecule has 0 atom stereocenters. The lowest BCUT2D eigenvalue weighted by molar-refractivity contribution is 0.380. The zero-order valence-corrected chi connectivity index (χ0v) is 15.4. The number of hydrogen-bond donors (Lipinski definition) is 1. The van der Waals surface area contributed by atoms with Gasteiger partial charge in [-0.1, -0.05) is 12.8 Å². The second-order valence-electron chi connectivity index (χ2n) is 6.10. The summed E-state index contributed by atoms with van der Waals surface area (Å²) < 4.78 is 13.0. The first kappa shape index (κ1) is 18.9. The number of hydrogen-bond acceptors (Lipinski definition) is 3. The third kappa shape index (κ3) is 6.23. The molecule has 0 unspecified atom stereocenters. The molecule has 1 aromatic rings. The molecule has 0 spiro atoms. The maximum atomic E-state index is 13.0. The van der Waals surface area contributed by atoms with Gasteiger partial charge in [-0.15, -0.1) is 0 Å². The van der Waals surface area contributed by atoms with Crippen molar-refractivity contribution in [1.29, 1.82) is 0 Å². The molecule has 1 aliphatic rings. The molecule has 0 aromatic heterocycles. The predicted molar refractivity (Wildman–Crippen MR) is 104 cm³/mol. The summed E-state index contributed by atoms with van der Waals surface area (Å²) in [7, 11) is 0. The first-order valence-corrected chi connectivity index (χ1v) is 10.1. The minimum absolute atomic E-state index is 0.192. The van der Waals surface area contributed by atoms with Gasteiger partial charge in [-0.3, -0.25) is 4.99 Å². The highest BCUT2D eigenvalue weighted by molar-refractivity contribution is 7.98. The number of unbranched alkanes of at least 4 members (excludes halogenated alkanes) is 3. The third-order valence-corrected chi connectivity index (χ3v) is 5.02. The van der Waals surface area contributed by atoms with Gasteiger partial charge >= 0.3 is 0 Å². The predicted octanol–water partition coefficient (Wildman–Crippen LogP) is 3.19. The fraction of sp³-hybridized carbons (Fsp3) is 0.611. The van der Waals surface area contributed by atoms with Crippen LogP contribution in [-0.4, -0.2) is 55.6 Å². The SMILES string of the molecule is CSCCCCCCN=C(N)N1CCN(c2ccc(F)cc2)CC1. The smallest absolute Gasteiger partial charge is 0.191 e. The standard InChI is InChI=1S/C18H29FN4S/c1-24-15-5-3-2-4-10-21-18(20)23-13-11-22(12-14-23)17-8-6-16(19)7-9-17/h6-9H,2-5,10-15H2,1H3,(H2,20,21). The summed E-state index contributed by atoms with van der Waals surface area (Å²) in [6.45, 7) is 4.32. The lowest BCUT2D eigenvalue weighted by atomic mass is 10.2. The van der Waals surface area contributed by atoms with Crippen LogP contribution < -0.4 is 10.6 Å². The molecule has 6 heteroatoms. The monoisotopic (exact) mass is 352 g/mol. The van der Waals surface area contributed by atoms with Crippen LogP contribution in [-0.2, 0) is 0 Å². The number of guanidine groups is 1. The van der Waals surface area contributed by atoms with Crippen molar-refractivity contribution in [3.05, 3.63) is 30.1 Å². The Balaban J connectivity index is 1.67. The second kappa shape index (κ2) is 10.4. The van der Waals surface area contributed by atoms with E-state index in [1.807, 2.05) is 23.9 Å².